The summed E-state index contributed by atoms with van der Waals surface area (Å²) >= 11 is 0. The Bertz CT molecular complexity index is 528. The standard InChI is InChI=1S/C12H13F3N2/c1-7(6-16)10-4-8-2-3-9(12(13,14)15)5-11(8)17-10/h2-5,7,17H,6,16H2,1H3. The predicted molar refractivity (Wildman–Crippen MR) is 60.8 cm³/mol. The highest BCUT2D eigenvalue weighted by Crippen LogP contribution is 2.32. The van der Waals surface area contributed by atoms with Crippen LogP contribution >= 0.6 is 0 Å². The molecular formula is C12H13F3N2. The van der Waals surface area contributed by atoms with Gasteiger partial charge in [-0.2, -0.15) is 13.2 Å². The zero-order valence-electron chi connectivity index (χ0n) is 9.31. The molecule has 0 aliphatic rings. The average molecular weight is 242 g/mol. The molecule has 0 aliphatic carbocycles. The van der Waals surface area contributed by atoms with Crippen molar-refractivity contribution in [1.82, 2.24) is 4.98 Å². The van der Waals surface area contributed by atoms with Gasteiger partial charge in [-0.15, -0.1) is 0 Å². The lowest BCUT2D eigenvalue weighted by Gasteiger charge is -2.05. The third-order valence-electron chi connectivity index (χ3n) is 2.86. The zero-order chi connectivity index (χ0) is 12.6. The Hall–Kier alpha value is -1.49. The first-order valence-electron chi connectivity index (χ1n) is 5.31. The molecule has 1 heterocycles. The normalized spacial score (nSPS) is 14.2. The second-order valence-electron chi connectivity index (χ2n) is 4.16. The van der Waals surface area contributed by atoms with Crippen molar-refractivity contribution in [2.24, 2.45) is 5.73 Å². The molecule has 5 heteroatoms. The number of halogens is 3. The molecule has 17 heavy (non-hydrogen) atoms. The van der Waals surface area contributed by atoms with Gasteiger partial charge >= 0.3 is 6.18 Å². The van der Waals surface area contributed by atoms with Gasteiger partial charge in [-0.1, -0.05) is 13.0 Å². The number of rotatable bonds is 2. The van der Waals surface area contributed by atoms with E-state index in [9.17, 15) is 13.2 Å². The van der Waals surface area contributed by atoms with E-state index in [1.54, 1.807) is 0 Å². The number of aromatic nitrogens is 1. The molecule has 1 atom stereocenters. The van der Waals surface area contributed by atoms with Gasteiger partial charge in [-0.25, -0.2) is 0 Å². The Morgan fingerprint density at radius 2 is 2.00 bits per heavy atom. The van der Waals surface area contributed by atoms with E-state index in [4.69, 9.17) is 5.73 Å². The number of benzene rings is 1. The van der Waals surface area contributed by atoms with Crippen LogP contribution in [0.2, 0.25) is 0 Å². The molecule has 0 radical (unpaired) electrons. The SMILES string of the molecule is CC(CN)c1cc2ccc(C(F)(F)F)cc2[nH]1. The number of nitrogens with two attached hydrogens (primary N) is 1. The van der Waals surface area contributed by atoms with Crippen molar-refractivity contribution >= 4 is 10.9 Å². The molecule has 0 amide bonds. The van der Waals surface area contributed by atoms with Gasteiger partial charge in [0.2, 0.25) is 0 Å². The fourth-order valence-electron chi connectivity index (χ4n) is 1.72. The van der Waals surface area contributed by atoms with Crippen LogP contribution in [0.5, 0.6) is 0 Å². The highest BCUT2D eigenvalue weighted by Gasteiger charge is 2.30. The van der Waals surface area contributed by atoms with E-state index in [1.165, 1.54) is 6.07 Å². The lowest BCUT2D eigenvalue weighted by molar-refractivity contribution is -0.137. The third kappa shape index (κ3) is 2.29. The molecule has 1 unspecified atom stereocenters. The second-order valence-corrected chi connectivity index (χ2v) is 4.16. The van der Waals surface area contributed by atoms with Crippen molar-refractivity contribution < 1.29 is 13.2 Å². The molecule has 1 aromatic heterocycles. The van der Waals surface area contributed by atoms with Crippen LogP contribution in [-0.4, -0.2) is 11.5 Å². The summed E-state index contributed by atoms with van der Waals surface area (Å²) in [6, 6.07) is 5.53. The summed E-state index contributed by atoms with van der Waals surface area (Å²) in [5.41, 5.74) is 6.24. The largest absolute Gasteiger partial charge is 0.416 e. The van der Waals surface area contributed by atoms with Crippen molar-refractivity contribution in [3.8, 4) is 0 Å². The average Bonchev–Trinajstić information content (AvgIpc) is 2.69. The Balaban J connectivity index is 2.48. The smallest absolute Gasteiger partial charge is 0.358 e. The minimum Gasteiger partial charge on any atom is -0.358 e. The number of nitrogens with one attached hydrogen (secondary N) is 1. The van der Waals surface area contributed by atoms with Gasteiger partial charge in [0, 0.05) is 23.7 Å². The van der Waals surface area contributed by atoms with E-state index in [0.29, 0.717) is 12.1 Å². The summed E-state index contributed by atoms with van der Waals surface area (Å²) in [4.78, 5) is 2.98. The van der Waals surface area contributed by atoms with Crippen LogP contribution in [-0.2, 0) is 6.18 Å². The molecule has 0 saturated carbocycles. The van der Waals surface area contributed by atoms with Gasteiger partial charge in [0.1, 0.15) is 0 Å². The minimum atomic E-state index is -4.31. The molecule has 2 nitrogen and oxygen atoms in total. The first kappa shape index (κ1) is 12.0. The van der Waals surface area contributed by atoms with Crippen LogP contribution in [0.3, 0.4) is 0 Å². The first-order valence-corrected chi connectivity index (χ1v) is 5.31. The number of hydrogen-bond donors (Lipinski definition) is 2. The maximum absolute atomic E-state index is 12.5. The number of aromatic amines is 1. The maximum Gasteiger partial charge on any atom is 0.416 e. The summed E-state index contributed by atoms with van der Waals surface area (Å²) in [6.07, 6.45) is -4.31. The van der Waals surface area contributed by atoms with E-state index < -0.39 is 11.7 Å². The Morgan fingerprint density at radius 1 is 1.29 bits per heavy atom. The molecule has 2 aromatic rings. The minimum absolute atomic E-state index is 0.108. The predicted octanol–water partition coefficient (Wildman–Crippen LogP) is 3.25. The van der Waals surface area contributed by atoms with Crippen molar-refractivity contribution in [1.29, 1.82) is 0 Å². The van der Waals surface area contributed by atoms with E-state index in [1.807, 2.05) is 13.0 Å². The summed E-state index contributed by atoms with van der Waals surface area (Å²) in [5.74, 6) is 0.108. The summed E-state index contributed by atoms with van der Waals surface area (Å²) in [6.45, 7) is 2.38. The van der Waals surface area contributed by atoms with Crippen molar-refractivity contribution in [3.05, 3.63) is 35.5 Å². The number of alkyl halides is 3. The molecule has 1 aromatic carbocycles. The highest BCUT2D eigenvalue weighted by atomic mass is 19.4. The summed E-state index contributed by atoms with van der Waals surface area (Å²) < 4.78 is 37.5. The van der Waals surface area contributed by atoms with Gasteiger partial charge in [0.05, 0.1) is 5.56 Å². The van der Waals surface area contributed by atoms with E-state index >= 15 is 0 Å². The molecule has 92 valence electrons. The molecule has 3 N–H and O–H groups in total. The van der Waals surface area contributed by atoms with Crippen molar-refractivity contribution in [3.63, 3.8) is 0 Å². The fraction of sp³-hybridized carbons (Fsp3) is 0.333. The molecule has 0 spiro atoms. The Labute approximate surface area is 96.6 Å². The second kappa shape index (κ2) is 4.07. The van der Waals surface area contributed by atoms with Crippen LogP contribution in [0, 0.1) is 0 Å². The molecule has 2 rings (SSSR count). The van der Waals surface area contributed by atoms with Gasteiger partial charge < -0.3 is 10.7 Å². The van der Waals surface area contributed by atoms with Gasteiger partial charge in [0.15, 0.2) is 0 Å². The van der Waals surface area contributed by atoms with Crippen molar-refractivity contribution in [2.75, 3.05) is 6.54 Å². The quantitative estimate of drug-likeness (QED) is 0.834. The van der Waals surface area contributed by atoms with E-state index in [0.717, 1.165) is 23.2 Å². The summed E-state index contributed by atoms with van der Waals surface area (Å²) in [7, 11) is 0. The lowest BCUT2D eigenvalue weighted by atomic mass is 10.1. The molecular weight excluding hydrogens is 229 g/mol. The molecule has 0 saturated heterocycles. The van der Waals surface area contributed by atoms with Crippen LogP contribution < -0.4 is 5.73 Å². The van der Waals surface area contributed by atoms with Crippen LogP contribution in [0.25, 0.3) is 10.9 Å². The Kier molecular flexibility index (Phi) is 2.87. The maximum atomic E-state index is 12.5. The fourth-order valence-corrected chi connectivity index (χ4v) is 1.72. The highest BCUT2D eigenvalue weighted by molar-refractivity contribution is 5.81. The van der Waals surface area contributed by atoms with Crippen LogP contribution in [0.1, 0.15) is 24.1 Å². The number of hydrogen-bond acceptors (Lipinski definition) is 1. The first-order chi connectivity index (χ1) is 7.91. The van der Waals surface area contributed by atoms with Crippen LogP contribution in [0.15, 0.2) is 24.3 Å². The third-order valence-corrected chi connectivity index (χ3v) is 2.86. The zero-order valence-corrected chi connectivity index (χ0v) is 9.31. The topological polar surface area (TPSA) is 41.8 Å². The number of fused-ring (bicyclic) bond motifs is 1. The van der Waals surface area contributed by atoms with Gasteiger partial charge in [0.25, 0.3) is 0 Å². The number of H-pyrrole nitrogens is 1. The Morgan fingerprint density at radius 3 is 2.59 bits per heavy atom. The van der Waals surface area contributed by atoms with Crippen molar-refractivity contribution in [2.45, 2.75) is 19.0 Å². The van der Waals surface area contributed by atoms with Gasteiger partial charge in [-0.05, 0) is 23.6 Å². The van der Waals surface area contributed by atoms with E-state index in [2.05, 4.69) is 4.98 Å². The molecule has 0 aliphatic heterocycles. The van der Waals surface area contributed by atoms with E-state index in [-0.39, 0.29) is 5.92 Å². The van der Waals surface area contributed by atoms with Gasteiger partial charge in [-0.3, -0.25) is 0 Å². The lowest BCUT2D eigenvalue weighted by Crippen LogP contribution is -2.08. The molecule has 0 fully saturated rings. The summed E-state index contributed by atoms with van der Waals surface area (Å²) in [5, 5.41) is 0.772. The molecule has 0 bridgehead atoms. The monoisotopic (exact) mass is 242 g/mol. The van der Waals surface area contributed by atoms with Crippen LogP contribution in [0.4, 0.5) is 13.2 Å².